The molecule has 0 saturated carbocycles. The van der Waals surface area contributed by atoms with E-state index in [-0.39, 0.29) is 18.0 Å². The van der Waals surface area contributed by atoms with E-state index in [0.29, 0.717) is 11.4 Å². The molecule has 0 aliphatic carbocycles. The molecule has 8 heteroatoms. The first-order valence-electron chi connectivity index (χ1n) is 9.31. The van der Waals surface area contributed by atoms with Crippen LogP contribution in [0.15, 0.2) is 29.5 Å². The first-order valence-corrected chi connectivity index (χ1v) is 9.31. The standard InChI is InChI=1S/C18H25N5O3/c24-17(13-23-18(25)16-2-1-5-22(16)14-19-23)21-6-3-15(4-7-21)12-20-8-10-26-11-9-20/h1-2,5,14-15H,3-4,6-13H2. The zero-order valence-corrected chi connectivity index (χ0v) is 14.9. The molecule has 2 aliphatic heterocycles. The second kappa shape index (κ2) is 7.59. The Bertz CT molecular complexity index is 816. The zero-order valence-electron chi connectivity index (χ0n) is 14.9. The molecule has 1 amide bonds. The van der Waals surface area contributed by atoms with Crippen LogP contribution >= 0.6 is 0 Å². The van der Waals surface area contributed by atoms with Crippen molar-refractivity contribution in [3.05, 3.63) is 35.0 Å². The first kappa shape index (κ1) is 17.2. The molecule has 2 fully saturated rings. The van der Waals surface area contributed by atoms with Crippen molar-refractivity contribution in [2.24, 2.45) is 5.92 Å². The number of nitrogens with zero attached hydrogens (tertiary/aromatic N) is 5. The molecule has 2 aliphatic rings. The number of aromatic nitrogens is 3. The molecule has 0 spiro atoms. The molecule has 0 bridgehead atoms. The van der Waals surface area contributed by atoms with Gasteiger partial charge in [-0.3, -0.25) is 14.5 Å². The molecule has 0 atom stereocenters. The van der Waals surface area contributed by atoms with Gasteiger partial charge < -0.3 is 14.0 Å². The van der Waals surface area contributed by atoms with Crippen molar-refractivity contribution in [3.8, 4) is 0 Å². The van der Waals surface area contributed by atoms with Crippen molar-refractivity contribution in [2.45, 2.75) is 19.4 Å². The SMILES string of the molecule is O=C(Cn1ncn2cccc2c1=O)N1CCC(CN2CCOCC2)CC1. The second-order valence-corrected chi connectivity index (χ2v) is 7.13. The lowest BCUT2D eigenvalue weighted by Gasteiger charge is -2.36. The minimum atomic E-state index is -0.229. The Kier molecular flexibility index (Phi) is 5.03. The number of carbonyl (C=O) groups is 1. The van der Waals surface area contributed by atoms with Gasteiger partial charge >= 0.3 is 0 Å². The van der Waals surface area contributed by atoms with E-state index in [2.05, 4.69) is 10.00 Å². The minimum absolute atomic E-state index is 0.00858. The summed E-state index contributed by atoms with van der Waals surface area (Å²) in [4.78, 5) is 29.3. The van der Waals surface area contributed by atoms with Gasteiger partial charge in [-0.25, -0.2) is 4.68 Å². The maximum Gasteiger partial charge on any atom is 0.291 e. The van der Waals surface area contributed by atoms with Crippen LogP contribution in [0, 0.1) is 5.92 Å². The van der Waals surface area contributed by atoms with E-state index in [9.17, 15) is 9.59 Å². The highest BCUT2D eigenvalue weighted by Gasteiger charge is 2.25. The van der Waals surface area contributed by atoms with Crippen LogP contribution in [0.3, 0.4) is 0 Å². The summed E-state index contributed by atoms with van der Waals surface area (Å²) in [6.07, 6.45) is 5.38. The summed E-state index contributed by atoms with van der Waals surface area (Å²) < 4.78 is 8.32. The van der Waals surface area contributed by atoms with Gasteiger partial charge in [-0.1, -0.05) is 0 Å². The summed E-state index contributed by atoms with van der Waals surface area (Å²) in [6.45, 7) is 6.29. The molecular formula is C18H25N5O3. The Morgan fingerprint density at radius 1 is 1.19 bits per heavy atom. The van der Waals surface area contributed by atoms with E-state index >= 15 is 0 Å². The van der Waals surface area contributed by atoms with Gasteiger partial charge in [0.05, 0.1) is 13.2 Å². The van der Waals surface area contributed by atoms with Crippen molar-refractivity contribution in [1.82, 2.24) is 24.0 Å². The van der Waals surface area contributed by atoms with E-state index in [1.165, 1.54) is 4.68 Å². The van der Waals surface area contributed by atoms with Crippen LogP contribution in [0.25, 0.3) is 5.52 Å². The molecule has 0 radical (unpaired) electrons. The molecule has 140 valence electrons. The molecule has 0 aromatic carbocycles. The number of ether oxygens (including phenoxy) is 1. The number of carbonyl (C=O) groups excluding carboxylic acids is 1. The fourth-order valence-electron chi connectivity index (χ4n) is 3.83. The van der Waals surface area contributed by atoms with Gasteiger partial charge in [0, 0.05) is 38.9 Å². The fraction of sp³-hybridized carbons (Fsp3) is 0.611. The number of fused-ring (bicyclic) bond motifs is 1. The van der Waals surface area contributed by atoms with Crippen molar-refractivity contribution >= 4 is 11.4 Å². The molecular weight excluding hydrogens is 334 g/mol. The third-order valence-electron chi connectivity index (χ3n) is 5.42. The van der Waals surface area contributed by atoms with E-state index in [0.717, 1.165) is 58.8 Å². The van der Waals surface area contributed by atoms with E-state index in [1.807, 2.05) is 4.90 Å². The van der Waals surface area contributed by atoms with Crippen LogP contribution in [0.2, 0.25) is 0 Å². The first-order chi connectivity index (χ1) is 12.7. The monoisotopic (exact) mass is 359 g/mol. The summed E-state index contributed by atoms with van der Waals surface area (Å²) in [6, 6.07) is 3.53. The van der Waals surface area contributed by atoms with Crippen molar-refractivity contribution in [3.63, 3.8) is 0 Å². The van der Waals surface area contributed by atoms with Crippen LogP contribution in [0.4, 0.5) is 0 Å². The lowest BCUT2D eigenvalue weighted by Crippen LogP contribution is -2.45. The molecule has 4 rings (SSSR count). The molecule has 26 heavy (non-hydrogen) atoms. The van der Waals surface area contributed by atoms with Crippen molar-refractivity contribution in [1.29, 1.82) is 0 Å². The van der Waals surface area contributed by atoms with Gasteiger partial charge in [-0.2, -0.15) is 5.10 Å². The molecule has 8 nitrogen and oxygen atoms in total. The zero-order chi connectivity index (χ0) is 17.9. The highest BCUT2D eigenvalue weighted by atomic mass is 16.5. The number of hydrogen-bond acceptors (Lipinski definition) is 5. The number of likely N-dealkylation sites (tertiary alicyclic amines) is 1. The summed E-state index contributed by atoms with van der Waals surface area (Å²) in [5.74, 6) is 0.607. The molecule has 2 aromatic heterocycles. The Labute approximate surface area is 151 Å². The number of rotatable bonds is 4. The lowest BCUT2D eigenvalue weighted by atomic mass is 9.96. The highest BCUT2D eigenvalue weighted by Crippen LogP contribution is 2.19. The minimum Gasteiger partial charge on any atom is -0.379 e. The molecule has 2 saturated heterocycles. The third-order valence-corrected chi connectivity index (χ3v) is 5.42. The highest BCUT2D eigenvalue weighted by molar-refractivity contribution is 5.76. The van der Waals surface area contributed by atoms with Crippen LogP contribution < -0.4 is 5.56 Å². The Hall–Kier alpha value is -2.19. The molecule has 0 unspecified atom stereocenters. The van der Waals surface area contributed by atoms with Crippen LogP contribution in [0.5, 0.6) is 0 Å². The number of hydrogen-bond donors (Lipinski definition) is 0. The number of piperidine rings is 1. The van der Waals surface area contributed by atoms with E-state index in [4.69, 9.17) is 4.74 Å². The fourth-order valence-corrected chi connectivity index (χ4v) is 3.83. The van der Waals surface area contributed by atoms with Crippen LogP contribution in [0.1, 0.15) is 12.8 Å². The molecule has 4 heterocycles. The van der Waals surface area contributed by atoms with Gasteiger partial charge in [0.25, 0.3) is 5.56 Å². The van der Waals surface area contributed by atoms with Crippen molar-refractivity contribution in [2.75, 3.05) is 45.9 Å². The smallest absolute Gasteiger partial charge is 0.291 e. The Balaban J connectivity index is 1.31. The van der Waals surface area contributed by atoms with E-state index in [1.54, 1.807) is 29.1 Å². The normalized spacial score (nSPS) is 19.9. The van der Waals surface area contributed by atoms with Gasteiger partial charge in [0.2, 0.25) is 5.91 Å². The van der Waals surface area contributed by atoms with Gasteiger partial charge in [0.1, 0.15) is 18.4 Å². The van der Waals surface area contributed by atoms with Crippen LogP contribution in [-0.2, 0) is 16.1 Å². The third kappa shape index (κ3) is 3.66. The summed E-state index contributed by atoms with van der Waals surface area (Å²) in [7, 11) is 0. The average molecular weight is 359 g/mol. The van der Waals surface area contributed by atoms with E-state index < -0.39 is 0 Å². The maximum absolute atomic E-state index is 12.6. The van der Waals surface area contributed by atoms with Crippen LogP contribution in [-0.4, -0.2) is 75.8 Å². The van der Waals surface area contributed by atoms with Crippen molar-refractivity contribution < 1.29 is 9.53 Å². The largest absolute Gasteiger partial charge is 0.379 e. The average Bonchev–Trinajstić information content (AvgIpc) is 3.15. The predicted molar refractivity (Wildman–Crippen MR) is 96.0 cm³/mol. The predicted octanol–water partition coefficient (Wildman–Crippen LogP) is 0.0668. The van der Waals surface area contributed by atoms with Gasteiger partial charge in [0.15, 0.2) is 0 Å². The summed E-state index contributed by atoms with van der Waals surface area (Å²) in [5, 5.41) is 4.11. The number of amides is 1. The second-order valence-electron chi connectivity index (χ2n) is 7.13. The summed E-state index contributed by atoms with van der Waals surface area (Å²) in [5.41, 5.74) is 0.310. The lowest BCUT2D eigenvalue weighted by molar-refractivity contribution is -0.133. The van der Waals surface area contributed by atoms with Gasteiger partial charge in [-0.15, -0.1) is 0 Å². The Morgan fingerprint density at radius 3 is 2.73 bits per heavy atom. The Morgan fingerprint density at radius 2 is 1.96 bits per heavy atom. The topological polar surface area (TPSA) is 72.1 Å². The quantitative estimate of drug-likeness (QED) is 0.772. The maximum atomic E-state index is 12.6. The summed E-state index contributed by atoms with van der Waals surface area (Å²) >= 11 is 0. The number of morpholine rings is 1. The molecule has 2 aromatic rings. The van der Waals surface area contributed by atoms with Gasteiger partial charge in [-0.05, 0) is 30.9 Å². The molecule has 0 N–H and O–H groups in total.